The minimum atomic E-state index is 0.255. The molecular formula is C12H20ClN5. The summed E-state index contributed by atoms with van der Waals surface area (Å²) in [5.41, 5.74) is 0. The van der Waals surface area contributed by atoms with Gasteiger partial charge < -0.3 is 9.80 Å². The maximum absolute atomic E-state index is 5.98. The molecule has 1 aromatic heterocycles. The molecule has 0 radical (unpaired) electrons. The second-order valence-corrected chi connectivity index (χ2v) is 5.63. The first-order valence-electron chi connectivity index (χ1n) is 6.33. The van der Waals surface area contributed by atoms with Gasteiger partial charge >= 0.3 is 0 Å². The summed E-state index contributed by atoms with van der Waals surface area (Å²) >= 11 is 5.98. The summed E-state index contributed by atoms with van der Waals surface area (Å²) in [4.78, 5) is 16.9. The summed E-state index contributed by atoms with van der Waals surface area (Å²) in [6, 6.07) is 0.360. The molecule has 1 fully saturated rings. The molecule has 1 heterocycles. The first kappa shape index (κ1) is 13.3. The number of nitrogens with zero attached hydrogens (tertiary/aromatic N) is 5. The summed E-state index contributed by atoms with van der Waals surface area (Å²) in [5.74, 6) is 2.07. The molecule has 0 saturated heterocycles. The van der Waals surface area contributed by atoms with Crippen molar-refractivity contribution in [1.82, 2.24) is 15.0 Å². The molecule has 100 valence electrons. The Labute approximate surface area is 113 Å². The standard InChI is InChI=1S/C12H20ClN5/c1-8(2)18(7-9-5-6-9)12-15-10(13)14-11(16-12)17(3)4/h8-9H,5-7H2,1-4H3. The molecule has 1 aliphatic carbocycles. The van der Waals surface area contributed by atoms with Crippen LogP contribution in [0.2, 0.25) is 5.28 Å². The van der Waals surface area contributed by atoms with Gasteiger partial charge in [-0.3, -0.25) is 0 Å². The molecule has 0 unspecified atom stereocenters. The van der Waals surface area contributed by atoms with E-state index >= 15 is 0 Å². The Balaban J connectivity index is 2.27. The zero-order chi connectivity index (χ0) is 13.3. The second-order valence-electron chi connectivity index (χ2n) is 5.29. The van der Waals surface area contributed by atoms with Crippen LogP contribution >= 0.6 is 11.6 Å². The summed E-state index contributed by atoms with van der Waals surface area (Å²) in [7, 11) is 3.80. The maximum atomic E-state index is 5.98. The van der Waals surface area contributed by atoms with Crippen LogP contribution < -0.4 is 9.80 Å². The molecule has 0 amide bonds. The first-order valence-corrected chi connectivity index (χ1v) is 6.70. The van der Waals surface area contributed by atoms with E-state index in [4.69, 9.17) is 11.6 Å². The molecule has 2 rings (SSSR count). The Kier molecular flexibility index (Phi) is 3.90. The van der Waals surface area contributed by atoms with Crippen LogP contribution in [0.15, 0.2) is 0 Å². The first-order chi connectivity index (χ1) is 8.47. The van der Waals surface area contributed by atoms with E-state index in [2.05, 4.69) is 33.7 Å². The van der Waals surface area contributed by atoms with Crippen LogP contribution in [0.3, 0.4) is 0 Å². The minimum absolute atomic E-state index is 0.255. The van der Waals surface area contributed by atoms with Crippen LogP contribution in [-0.4, -0.2) is 41.6 Å². The van der Waals surface area contributed by atoms with E-state index in [0.29, 0.717) is 17.9 Å². The average Bonchev–Trinajstić information content (AvgIpc) is 3.08. The van der Waals surface area contributed by atoms with Crippen molar-refractivity contribution in [3.63, 3.8) is 0 Å². The molecule has 0 aromatic carbocycles. The van der Waals surface area contributed by atoms with Crippen molar-refractivity contribution in [1.29, 1.82) is 0 Å². The molecule has 1 aromatic rings. The molecule has 1 saturated carbocycles. The third-order valence-corrected chi connectivity index (χ3v) is 3.19. The molecule has 1 aliphatic rings. The number of halogens is 1. The van der Waals surface area contributed by atoms with E-state index in [1.165, 1.54) is 12.8 Å². The van der Waals surface area contributed by atoms with E-state index in [-0.39, 0.29) is 5.28 Å². The predicted molar refractivity (Wildman–Crippen MR) is 74.4 cm³/mol. The maximum Gasteiger partial charge on any atom is 0.231 e. The molecule has 0 atom stereocenters. The largest absolute Gasteiger partial charge is 0.347 e. The summed E-state index contributed by atoms with van der Waals surface area (Å²) in [5, 5.41) is 0.255. The van der Waals surface area contributed by atoms with Crippen molar-refractivity contribution in [3.05, 3.63) is 5.28 Å². The lowest BCUT2D eigenvalue weighted by atomic mass is 10.3. The zero-order valence-electron chi connectivity index (χ0n) is 11.4. The number of rotatable bonds is 5. The van der Waals surface area contributed by atoms with Gasteiger partial charge in [-0.2, -0.15) is 15.0 Å². The Morgan fingerprint density at radius 1 is 1.17 bits per heavy atom. The van der Waals surface area contributed by atoms with Crippen LogP contribution in [0.25, 0.3) is 0 Å². The van der Waals surface area contributed by atoms with Crippen molar-refractivity contribution in [2.75, 3.05) is 30.4 Å². The van der Waals surface area contributed by atoms with Gasteiger partial charge in [-0.1, -0.05) is 0 Å². The monoisotopic (exact) mass is 269 g/mol. The lowest BCUT2D eigenvalue weighted by Crippen LogP contribution is -2.34. The second kappa shape index (κ2) is 5.26. The summed E-state index contributed by atoms with van der Waals surface area (Å²) in [6.45, 7) is 5.30. The molecular weight excluding hydrogens is 250 g/mol. The highest BCUT2D eigenvalue weighted by atomic mass is 35.5. The third kappa shape index (κ3) is 3.22. The van der Waals surface area contributed by atoms with E-state index in [1.54, 1.807) is 0 Å². The molecule has 0 aliphatic heterocycles. The van der Waals surface area contributed by atoms with E-state index < -0.39 is 0 Å². The van der Waals surface area contributed by atoms with E-state index in [0.717, 1.165) is 12.5 Å². The van der Waals surface area contributed by atoms with Gasteiger partial charge in [0.05, 0.1) is 0 Å². The lowest BCUT2D eigenvalue weighted by molar-refractivity contribution is 0.625. The third-order valence-electron chi connectivity index (χ3n) is 3.02. The van der Waals surface area contributed by atoms with E-state index in [9.17, 15) is 0 Å². The normalized spacial score (nSPS) is 15.0. The SMILES string of the molecule is CC(C)N(CC1CC1)c1nc(Cl)nc(N(C)C)n1. The fourth-order valence-corrected chi connectivity index (χ4v) is 1.91. The summed E-state index contributed by atoms with van der Waals surface area (Å²) < 4.78 is 0. The molecule has 18 heavy (non-hydrogen) atoms. The Bertz CT molecular complexity index is 417. The number of anilines is 2. The zero-order valence-corrected chi connectivity index (χ0v) is 12.1. The van der Waals surface area contributed by atoms with Gasteiger partial charge in [0.2, 0.25) is 17.2 Å². The van der Waals surface area contributed by atoms with Gasteiger partial charge in [0.15, 0.2) is 0 Å². The lowest BCUT2D eigenvalue weighted by Gasteiger charge is -2.27. The predicted octanol–water partition coefficient (Wildman–Crippen LogP) is 2.22. The van der Waals surface area contributed by atoms with Crippen molar-refractivity contribution in [2.45, 2.75) is 32.7 Å². The minimum Gasteiger partial charge on any atom is -0.347 e. The Hall–Kier alpha value is -1.10. The van der Waals surface area contributed by atoms with Gasteiger partial charge in [0.25, 0.3) is 0 Å². The fourth-order valence-electron chi connectivity index (χ4n) is 1.76. The summed E-state index contributed by atoms with van der Waals surface area (Å²) in [6.07, 6.45) is 2.62. The highest BCUT2D eigenvalue weighted by Gasteiger charge is 2.27. The van der Waals surface area contributed by atoms with Crippen molar-refractivity contribution in [3.8, 4) is 0 Å². The van der Waals surface area contributed by atoms with Gasteiger partial charge in [-0.15, -0.1) is 0 Å². The van der Waals surface area contributed by atoms with Gasteiger partial charge in [0.1, 0.15) is 0 Å². The quantitative estimate of drug-likeness (QED) is 0.820. The number of hydrogen-bond acceptors (Lipinski definition) is 5. The van der Waals surface area contributed by atoms with Gasteiger partial charge in [-0.25, -0.2) is 0 Å². The highest BCUT2D eigenvalue weighted by Crippen LogP contribution is 2.31. The molecule has 0 bridgehead atoms. The van der Waals surface area contributed by atoms with Crippen molar-refractivity contribution in [2.24, 2.45) is 5.92 Å². The van der Waals surface area contributed by atoms with Gasteiger partial charge in [-0.05, 0) is 44.2 Å². The van der Waals surface area contributed by atoms with Crippen molar-refractivity contribution >= 4 is 23.5 Å². The topological polar surface area (TPSA) is 45.2 Å². The molecule has 0 N–H and O–H groups in total. The van der Waals surface area contributed by atoms with Crippen LogP contribution in [0.5, 0.6) is 0 Å². The van der Waals surface area contributed by atoms with Crippen LogP contribution in [0, 0.1) is 5.92 Å². The van der Waals surface area contributed by atoms with Crippen LogP contribution in [0.4, 0.5) is 11.9 Å². The average molecular weight is 270 g/mol. The highest BCUT2D eigenvalue weighted by molar-refractivity contribution is 6.28. The molecule has 0 spiro atoms. The van der Waals surface area contributed by atoms with E-state index in [1.807, 2.05) is 19.0 Å². The fraction of sp³-hybridized carbons (Fsp3) is 0.750. The smallest absolute Gasteiger partial charge is 0.231 e. The van der Waals surface area contributed by atoms with Crippen LogP contribution in [-0.2, 0) is 0 Å². The van der Waals surface area contributed by atoms with Crippen molar-refractivity contribution < 1.29 is 0 Å². The molecule has 5 nitrogen and oxygen atoms in total. The number of hydrogen-bond donors (Lipinski definition) is 0. The van der Waals surface area contributed by atoms with Crippen LogP contribution in [0.1, 0.15) is 26.7 Å². The Morgan fingerprint density at radius 2 is 1.78 bits per heavy atom. The van der Waals surface area contributed by atoms with Gasteiger partial charge in [0, 0.05) is 26.7 Å². The molecule has 6 heteroatoms. The number of aromatic nitrogens is 3. The Morgan fingerprint density at radius 3 is 2.28 bits per heavy atom.